The molecule has 1 saturated heterocycles. The van der Waals surface area contributed by atoms with E-state index in [1.807, 2.05) is 0 Å². The molecule has 2 rings (SSSR count). The van der Waals surface area contributed by atoms with Gasteiger partial charge in [-0.2, -0.15) is 0 Å². The van der Waals surface area contributed by atoms with Gasteiger partial charge in [0.15, 0.2) is 0 Å². The normalized spacial score (nSPS) is 21.1. The van der Waals surface area contributed by atoms with Crippen LogP contribution < -0.4 is 5.32 Å². The van der Waals surface area contributed by atoms with E-state index in [0.29, 0.717) is 6.04 Å². The molecule has 2 atom stereocenters. The highest BCUT2D eigenvalue weighted by Gasteiger charge is 2.20. The van der Waals surface area contributed by atoms with Gasteiger partial charge in [0.05, 0.1) is 0 Å². The van der Waals surface area contributed by atoms with E-state index in [4.69, 9.17) is 4.74 Å². The van der Waals surface area contributed by atoms with Crippen molar-refractivity contribution >= 4 is 22.6 Å². The molecule has 0 amide bonds. The first kappa shape index (κ1) is 14.3. The summed E-state index contributed by atoms with van der Waals surface area (Å²) in [5.74, 6) is 0.748. The second-order valence-corrected chi connectivity index (χ2v) is 6.30. The smallest absolute Gasteiger partial charge is 0.0495 e. The van der Waals surface area contributed by atoms with E-state index in [1.165, 1.54) is 22.0 Å². The Hall–Kier alpha value is -0.130. The van der Waals surface area contributed by atoms with Crippen molar-refractivity contribution in [3.8, 4) is 0 Å². The van der Waals surface area contributed by atoms with Gasteiger partial charge in [-0.25, -0.2) is 0 Å². The molecule has 1 heterocycles. The maximum Gasteiger partial charge on any atom is 0.0495 e. The third-order valence-electron chi connectivity index (χ3n) is 3.53. The van der Waals surface area contributed by atoms with Crippen molar-refractivity contribution in [1.82, 2.24) is 5.32 Å². The third kappa shape index (κ3) is 4.52. The second-order valence-electron chi connectivity index (χ2n) is 5.05. The minimum absolute atomic E-state index is 0.585. The SMILES string of the molecule is CCNC(Cc1ccc(I)cc1)CC1CCOC1. The highest BCUT2D eigenvalue weighted by molar-refractivity contribution is 14.1. The van der Waals surface area contributed by atoms with Crippen LogP contribution >= 0.6 is 22.6 Å². The van der Waals surface area contributed by atoms with Crippen LogP contribution in [0.25, 0.3) is 0 Å². The van der Waals surface area contributed by atoms with E-state index in [-0.39, 0.29) is 0 Å². The summed E-state index contributed by atoms with van der Waals surface area (Å²) < 4.78 is 6.78. The van der Waals surface area contributed by atoms with Gasteiger partial charge in [0, 0.05) is 22.8 Å². The van der Waals surface area contributed by atoms with Gasteiger partial charge >= 0.3 is 0 Å². The quantitative estimate of drug-likeness (QED) is 0.788. The molecule has 3 heteroatoms. The first-order chi connectivity index (χ1) is 8.78. The number of benzene rings is 1. The van der Waals surface area contributed by atoms with E-state index >= 15 is 0 Å². The van der Waals surface area contributed by atoms with Crippen LogP contribution in [0.1, 0.15) is 25.3 Å². The van der Waals surface area contributed by atoms with Crippen molar-refractivity contribution in [1.29, 1.82) is 0 Å². The molecule has 1 aromatic carbocycles. The molecule has 2 nitrogen and oxygen atoms in total. The number of nitrogens with one attached hydrogen (secondary N) is 1. The minimum Gasteiger partial charge on any atom is -0.381 e. The van der Waals surface area contributed by atoms with Crippen LogP contribution in [0.15, 0.2) is 24.3 Å². The Morgan fingerprint density at radius 3 is 2.78 bits per heavy atom. The van der Waals surface area contributed by atoms with E-state index in [0.717, 1.165) is 32.1 Å². The van der Waals surface area contributed by atoms with Crippen LogP contribution in [-0.2, 0) is 11.2 Å². The lowest BCUT2D eigenvalue weighted by molar-refractivity contribution is 0.181. The highest BCUT2D eigenvalue weighted by Crippen LogP contribution is 2.20. The Labute approximate surface area is 124 Å². The Bertz CT molecular complexity index is 346. The third-order valence-corrected chi connectivity index (χ3v) is 4.25. The number of hydrogen-bond donors (Lipinski definition) is 1. The first-order valence-electron chi connectivity index (χ1n) is 6.83. The number of halogens is 1. The lowest BCUT2D eigenvalue weighted by Gasteiger charge is -2.21. The lowest BCUT2D eigenvalue weighted by atomic mass is 9.94. The molecule has 2 unspecified atom stereocenters. The van der Waals surface area contributed by atoms with Crippen molar-refractivity contribution in [3.63, 3.8) is 0 Å². The van der Waals surface area contributed by atoms with Crippen molar-refractivity contribution in [2.75, 3.05) is 19.8 Å². The van der Waals surface area contributed by atoms with Gasteiger partial charge in [0.2, 0.25) is 0 Å². The molecule has 0 saturated carbocycles. The van der Waals surface area contributed by atoms with Crippen molar-refractivity contribution < 1.29 is 4.74 Å². The van der Waals surface area contributed by atoms with Crippen molar-refractivity contribution in [2.24, 2.45) is 5.92 Å². The highest BCUT2D eigenvalue weighted by atomic mass is 127. The van der Waals surface area contributed by atoms with Gasteiger partial charge in [-0.3, -0.25) is 0 Å². The fraction of sp³-hybridized carbons (Fsp3) is 0.600. The largest absolute Gasteiger partial charge is 0.381 e. The molecular weight excluding hydrogens is 337 g/mol. The minimum atomic E-state index is 0.585. The molecular formula is C15H22INO. The molecule has 18 heavy (non-hydrogen) atoms. The summed E-state index contributed by atoms with van der Waals surface area (Å²) in [6.07, 6.45) is 3.59. The number of rotatable bonds is 6. The molecule has 0 aliphatic carbocycles. The van der Waals surface area contributed by atoms with Crippen LogP contribution in [0, 0.1) is 9.49 Å². The van der Waals surface area contributed by atoms with Gasteiger partial charge in [-0.05, 0) is 72.0 Å². The van der Waals surface area contributed by atoms with Crippen LogP contribution in [0.5, 0.6) is 0 Å². The molecule has 0 spiro atoms. The Kier molecular flexibility index (Phi) is 5.92. The summed E-state index contributed by atoms with van der Waals surface area (Å²) in [5.41, 5.74) is 1.43. The summed E-state index contributed by atoms with van der Waals surface area (Å²) in [4.78, 5) is 0. The first-order valence-corrected chi connectivity index (χ1v) is 7.91. The summed E-state index contributed by atoms with van der Waals surface area (Å²) in [6, 6.07) is 9.46. The molecule has 1 aliphatic rings. The summed E-state index contributed by atoms with van der Waals surface area (Å²) >= 11 is 2.35. The van der Waals surface area contributed by atoms with E-state index in [2.05, 4.69) is 59.1 Å². The summed E-state index contributed by atoms with van der Waals surface area (Å²) in [5, 5.41) is 3.62. The summed E-state index contributed by atoms with van der Waals surface area (Å²) in [6.45, 7) is 5.14. The van der Waals surface area contributed by atoms with Gasteiger partial charge < -0.3 is 10.1 Å². The van der Waals surface area contributed by atoms with Crippen LogP contribution in [0.3, 0.4) is 0 Å². The maximum atomic E-state index is 5.47. The molecule has 1 N–H and O–H groups in total. The molecule has 100 valence electrons. The monoisotopic (exact) mass is 359 g/mol. The Morgan fingerprint density at radius 2 is 2.17 bits per heavy atom. The predicted molar refractivity (Wildman–Crippen MR) is 83.9 cm³/mol. The Morgan fingerprint density at radius 1 is 1.39 bits per heavy atom. The predicted octanol–water partition coefficient (Wildman–Crippen LogP) is 3.24. The second kappa shape index (κ2) is 7.46. The fourth-order valence-electron chi connectivity index (χ4n) is 2.60. The molecule has 0 radical (unpaired) electrons. The average Bonchev–Trinajstić information content (AvgIpc) is 2.85. The maximum absolute atomic E-state index is 5.47. The zero-order valence-corrected chi connectivity index (χ0v) is 13.2. The lowest BCUT2D eigenvalue weighted by Crippen LogP contribution is -2.33. The number of hydrogen-bond acceptors (Lipinski definition) is 2. The standard InChI is InChI=1S/C15H22INO/c1-2-17-15(10-13-7-8-18-11-13)9-12-3-5-14(16)6-4-12/h3-6,13,15,17H,2,7-11H2,1H3. The summed E-state index contributed by atoms with van der Waals surface area (Å²) in [7, 11) is 0. The van der Waals surface area contributed by atoms with Gasteiger partial charge in [-0.15, -0.1) is 0 Å². The number of ether oxygens (including phenoxy) is 1. The zero-order chi connectivity index (χ0) is 12.8. The van der Waals surface area contributed by atoms with Gasteiger partial charge in [-0.1, -0.05) is 19.1 Å². The van der Waals surface area contributed by atoms with Crippen molar-refractivity contribution in [3.05, 3.63) is 33.4 Å². The van der Waals surface area contributed by atoms with Crippen LogP contribution in [0.4, 0.5) is 0 Å². The van der Waals surface area contributed by atoms with E-state index in [9.17, 15) is 0 Å². The Balaban J connectivity index is 1.90. The average molecular weight is 359 g/mol. The van der Waals surface area contributed by atoms with Crippen LogP contribution in [0.2, 0.25) is 0 Å². The van der Waals surface area contributed by atoms with Crippen LogP contribution in [-0.4, -0.2) is 25.8 Å². The van der Waals surface area contributed by atoms with E-state index < -0.39 is 0 Å². The molecule has 1 fully saturated rings. The fourth-order valence-corrected chi connectivity index (χ4v) is 2.96. The number of likely N-dealkylation sites (N-methyl/N-ethyl adjacent to an activating group) is 1. The molecule has 0 bridgehead atoms. The van der Waals surface area contributed by atoms with Crippen molar-refractivity contribution in [2.45, 2.75) is 32.2 Å². The van der Waals surface area contributed by atoms with Gasteiger partial charge in [0.1, 0.15) is 0 Å². The molecule has 0 aromatic heterocycles. The van der Waals surface area contributed by atoms with Gasteiger partial charge in [0.25, 0.3) is 0 Å². The molecule has 1 aliphatic heterocycles. The molecule has 1 aromatic rings. The zero-order valence-electron chi connectivity index (χ0n) is 11.0. The topological polar surface area (TPSA) is 21.3 Å². The van der Waals surface area contributed by atoms with E-state index in [1.54, 1.807) is 0 Å².